The summed E-state index contributed by atoms with van der Waals surface area (Å²) in [5.74, 6) is 0.490. The average molecular weight is 300 g/mol. The predicted molar refractivity (Wildman–Crippen MR) is 78.7 cm³/mol. The highest BCUT2D eigenvalue weighted by Gasteiger charge is 2.30. The molecule has 6 nitrogen and oxygen atoms in total. The molecule has 1 aromatic heterocycles. The minimum absolute atomic E-state index is 0.0168. The number of nitrogen functional groups attached to an aromatic ring is 1. The molecule has 0 amide bonds. The van der Waals surface area contributed by atoms with Crippen LogP contribution in [0.1, 0.15) is 46.0 Å². The Kier molecular flexibility index (Phi) is 4.70. The van der Waals surface area contributed by atoms with Crippen LogP contribution in [0.4, 0.5) is 5.82 Å². The number of aromatic nitrogens is 2. The van der Waals surface area contributed by atoms with E-state index in [-0.39, 0.29) is 16.8 Å². The lowest BCUT2D eigenvalue weighted by molar-refractivity contribution is 0.282. The molecule has 1 aromatic rings. The van der Waals surface area contributed by atoms with Gasteiger partial charge in [-0.05, 0) is 25.7 Å². The van der Waals surface area contributed by atoms with Crippen molar-refractivity contribution in [3.63, 3.8) is 0 Å². The molecule has 0 aliphatic heterocycles. The summed E-state index contributed by atoms with van der Waals surface area (Å²) in [6, 6.07) is 0.0168. The first-order chi connectivity index (χ1) is 9.47. The van der Waals surface area contributed by atoms with E-state index in [0.717, 1.165) is 25.7 Å². The van der Waals surface area contributed by atoms with Crippen molar-refractivity contribution >= 4 is 15.8 Å². The smallest absolute Gasteiger partial charge is 0.246 e. The summed E-state index contributed by atoms with van der Waals surface area (Å²) in [5.41, 5.74) is 5.72. The van der Waals surface area contributed by atoms with Crippen LogP contribution in [0.25, 0.3) is 0 Å². The zero-order valence-electron chi connectivity index (χ0n) is 12.2. The lowest BCUT2D eigenvalue weighted by atomic mass is 9.83. The third-order valence-corrected chi connectivity index (χ3v) is 5.62. The minimum Gasteiger partial charge on any atom is -0.381 e. The zero-order chi connectivity index (χ0) is 14.8. The minimum atomic E-state index is -3.58. The number of hydrogen-bond donors (Lipinski definition) is 2. The van der Waals surface area contributed by atoms with Crippen LogP contribution in [0, 0.1) is 5.92 Å². The number of hydrogen-bond acceptors (Lipinski definition) is 4. The van der Waals surface area contributed by atoms with Gasteiger partial charge in [0.15, 0.2) is 5.82 Å². The second kappa shape index (κ2) is 6.13. The molecule has 2 rings (SSSR count). The highest BCUT2D eigenvalue weighted by atomic mass is 32.2. The summed E-state index contributed by atoms with van der Waals surface area (Å²) in [6.45, 7) is 4.60. The summed E-state index contributed by atoms with van der Waals surface area (Å²) in [7, 11) is -3.58. The Hall–Kier alpha value is -1.08. The van der Waals surface area contributed by atoms with Crippen LogP contribution in [-0.4, -0.2) is 24.2 Å². The molecular formula is C13H24N4O2S. The molecule has 7 heteroatoms. The Morgan fingerprint density at radius 3 is 2.70 bits per heavy atom. The van der Waals surface area contributed by atoms with E-state index in [4.69, 9.17) is 5.73 Å². The first-order valence-electron chi connectivity index (χ1n) is 7.33. The van der Waals surface area contributed by atoms with Gasteiger partial charge in [-0.3, -0.25) is 4.68 Å². The van der Waals surface area contributed by atoms with Gasteiger partial charge in [0.1, 0.15) is 4.90 Å². The van der Waals surface area contributed by atoms with E-state index >= 15 is 0 Å². The largest absolute Gasteiger partial charge is 0.381 e. The van der Waals surface area contributed by atoms with Crippen molar-refractivity contribution in [2.24, 2.45) is 5.92 Å². The third kappa shape index (κ3) is 3.15. The van der Waals surface area contributed by atoms with Crippen molar-refractivity contribution < 1.29 is 8.42 Å². The SMILES string of the molecule is CCC1CCCCC1NS(=O)(=O)c1cn(CC)nc1N. The van der Waals surface area contributed by atoms with E-state index in [0.29, 0.717) is 12.5 Å². The van der Waals surface area contributed by atoms with E-state index < -0.39 is 10.0 Å². The first-order valence-corrected chi connectivity index (χ1v) is 8.81. The molecule has 0 bridgehead atoms. The number of anilines is 1. The molecule has 2 atom stereocenters. The van der Waals surface area contributed by atoms with Gasteiger partial charge in [-0.2, -0.15) is 5.10 Å². The quantitative estimate of drug-likeness (QED) is 0.866. The van der Waals surface area contributed by atoms with Crippen LogP contribution in [0.3, 0.4) is 0 Å². The van der Waals surface area contributed by atoms with Crippen molar-refractivity contribution in [2.75, 3.05) is 5.73 Å². The molecule has 2 unspecified atom stereocenters. The summed E-state index contributed by atoms with van der Waals surface area (Å²) < 4.78 is 29.3. The third-order valence-electron chi connectivity index (χ3n) is 4.11. The van der Waals surface area contributed by atoms with Crippen LogP contribution < -0.4 is 10.5 Å². The van der Waals surface area contributed by atoms with E-state index in [1.807, 2.05) is 6.92 Å². The monoisotopic (exact) mass is 300 g/mol. The van der Waals surface area contributed by atoms with Crippen molar-refractivity contribution in [3.05, 3.63) is 6.20 Å². The molecule has 20 heavy (non-hydrogen) atoms. The van der Waals surface area contributed by atoms with Gasteiger partial charge in [0.25, 0.3) is 0 Å². The second-order valence-electron chi connectivity index (χ2n) is 5.41. The maximum absolute atomic E-state index is 12.5. The normalized spacial score (nSPS) is 23.9. The van der Waals surface area contributed by atoms with Gasteiger partial charge in [-0.25, -0.2) is 13.1 Å². The molecule has 1 aliphatic carbocycles. The Morgan fingerprint density at radius 2 is 2.10 bits per heavy atom. The average Bonchev–Trinajstić information content (AvgIpc) is 2.81. The molecule has 1 fully saturated rings. The second-order valence-corrected chi connectivity index (χ2v) is 7.10. The molecule has 1 heterocycles. The predicted octanol–water partition coefficient (Wildman–Crippen LogP) is 1.73. The van der Waals surface area contributed by atoms with Gasteiger partial charge in [0, 0.05) is 18.8 Å². The molecule has 0 aromatic carbocycles. The number of sulfonamides is 1. The lowest BCUT2D eigenvalue weighted by Crippen LogP contribution is -2.41. The van der Waals surface area contributed by atoms with Crippen molar-refractivity contribution in [3.8, 4) is 0 Å². The van der Waals surface area contributed by atoms with Crippen LogP contribution >= 0.6 is 0 Å². The van der Waals surface area contributed by atoms with Gasteiger partial charge in [-0.15, -0.1) is 0 Å². The first kappa shape index (κ1) is 15.3. The van der Waals surface area contributed by atoms with Crippen molar-refractivity contribution in [1.82, 2.24) is 14.5 Å². The van der Waals surface area contributed by atoms with Crippen LogP contribution in [0.15, 0.2) is 11.1 Å². The van der Waals surface area contributed by atoms with Crippen molar-refractivity contribution in [1.29, 1.82) is 0 Å². The summed E-state index contributed by atoms with van der Waals surface area (Å²) in [5, 5.41) is 4.00. The number of nitrogens with two attached hydrogens (primary N) is 1. The molecule has 1 aliphatic rings. The maximum Gasteiger partial charge on any atom is 0.246 e. The van der Waals surface area contributed by atoms with Gasteiger partial charge in [0.2, 0.25) is 10.0 Å². The van der Waals surface area contributed by atoms with E-state index in [9.17, 15) is 8.42 Å². The highest BCUT2D eigenvalue weighted by molar-refractivity contribution is 7.89. The number of aryl methyl sites for hydroxylation is 1. The molecule has 0 radical (unpaired) electrons. The highest BCUT2D eigenvalue weighted by Crippen LogP contribution is 2.28. The van der Waals surface area contributed by atoms with E-state index in [1.165, 1.54) is 12.6 Å². The summed E-state index contributed by atoms with van der Waals surface area (Å²) in [4.78, 5) is 0.0970. The molecule has 1 saturated carbocycles. The molecule has 0 spiro atoms. The maximum atomic E-state index is 12.5. The zero-order valence-corrected chi connectivity index (χ0v) is 13.0. The Bertz CT molecular complexity index is 553. The lowest BCUT2D eigenvalue weighted by Gasteiger charge is -2.31. The van der Waals surface area contributed by atoms with Crippen LogP contribution in [-0.2, 0) is 16.6 Å². The number of nitrogens with zero attached hydrogens (tertiary/aromatic N) is 2. The number of rotatable bonds is 5. The van der Waals surface area contributed by atoms with Crippen LogP contribution in [0.2, 0.25) is 0 Å². The van der Waals surface area contributed by atoms with Gasteiger partial charge in [-0.1, -0.05) is 26.2 Å². The molecule has 0 saturated heterocycles. The Morgan fingerprint density at radius 1 is 1.40 bits per heavy atom. The Balaban J connectivity index is 2.19. The topological polar surface area (TPSA) is 90.0 Å². The number of nitrogens with one attached hydrogen (secondary N) is 1. The van der Waals surface area contributed by atoms with Gasteiger partial charge >= 0.3 is 0 Å². The van der Waals surface area contributed by atoms with E-state index in [2.05, 4.69) is 16.7 Å². The molecule has 114 valence electrons. The standard InChI is InChI=1S/C13H24N4O2S/c1-3-10-7-5-6-8-11(10)16-20(18,19)12-9-17(4-2)15-13(12)14/h9-11,16H,3-8H2,1-2H3,(H2,14,15). The molecular weight excluding hydrogens is 276 g/mol. The fraction of sp³-hybridized carbons (Fsp3) is 0.769. The fourth-order valence-corrected chi connectivity index (χ4v) is 4.31. The van der Waals surface area contributed by atoms with E-state index in [1.54, 1.807) is 4.68 Å². The van der Waals surface area contributed by atoms with Crippen molar-refractivity contribution in [2.45, 2.75) is 63.4 Å². The summed E-state index contributed by atoms with van der Waals surface area (Å²) >= 11 is 0. The Labute approximate surface area is 120 Å². The fourth-order valence-electron chi connectivity index (χ4n) is 2.90. The van der Waals surface area contributed by atoms with Gasteiger partial charge in [0.05, 0.1) is 0 Å². The molecule has 3 N–H and O–H groups in total. The van der Waals surface area contributed by atoms with Crippen LogP contribution in [0.5, 0.6) is 0 Å². The van der Waals surface area contributed by atoms with Gasteiger partial charge < -0.3 is 5.73 Å². The summed E-state index contributed by atoms with van der Waals surface area (Å²) in [6.07, 6.45) is 6.76.